The van der Waals surface area contributed by atoms with Crippen LogP contribution in [0.5, 0.6) is 5.75 Å². The largest absolute Gasteiger partial charge is 0.487 e. The van der Waals surface area contributed by atoms with E-state index in [9.17, 15) is 9.18 Å². The summed E-state index contributed by atoms with van der Waals surface area (Å²) in [6, 6.07) is 6.25. The molecule has 5 heteroatoms. The number of amides is 1. The lowest BCUT2D eigenvalue weighted by Gasteiger charge is -2.33. The third-order valence-corrected chi connectivity index (χ3v) is 3.93. The van der Waals surface area contributed by atoms with Gasteiger partial charge in [-0.2, -0.15) is 0 Å². The molecule has 2 heterocycles. The molecule has 4 nitrogen and oxygen atoms in total. The van der Waals surface area contributed by atoms with Crippen molar-refractivity contribution < 1.29 is 13.9 Å². The van der Waals surface area contributed by atoms with Gasteiger partial charge in [0.2, 0.25) is 5.91 Å². The number of likely N-dealkylation sites (tertiary alicyclic amines) is 1. The second-order valence-electron chi connectivity index (χ2n) is 5.39. The van der Waals surface area contributed by atoms with Gasteiger partial charge < -0.3 is 9.64 Å². The summed E-state index contributed by atoms with van der Waals surface area (Å²) in [6.45, 7) is 2.07. The number of rotatable bonds is 3. The van der Waals surface area contributed by atoms with E-state index in [0.717, 1.165) is 19.4 Å². The number of nitrogens with one attached hydrogen (secondary N) is 1. The summed E-state index contributed by atoms with van der Waals surface area (Å²) in [7, 11) is 0. The standard InChI is InChI=1S/C16H19FN2O2/c17-13-4-1-2-6-15(13)21-12-7-10-19(11-8-12)16(20)14-5-3-9-18-14/h1-6,12,14,18H,7-11H2/t14-/m1/s1. The molecule has 2 aliphatic rings. The van der Waals surface area contributed by atoms with Gasteiger partial charge in [-0.3, -0.25) is 10.1 Å². The van der Waals surface area contributed by atoms with E-state index in [2.05, 4.69) is 5.32 Å². The number of halogens is 1. The highest BCUT2D eigenvalue weighted by atomic mass is 19.1. The van der Waals surface area contributed by atoms with Crippen LogP contribution in [0.25, 0.3) is 0 Å². The summed E-state index contributed by atoms with van der Waals surface area (Å²) in [4.78, 5) is 14.1. The molecule has 1 aromatic carbocycles. The summed E-state index contributed by atoms with van der Waals surface area (Å²) < 4.78 is 19.2. The highest BCUT2D eigenvalue weighted by Crippen LogP contribution is 2.22. The van der Waals surface area contributed by atoms with E-state index >= 15 is 0 Å². The normalized spacial score (nSPS) is 22.5. The molecular formula is C16H19FN2O2. The average molecular weight is 290 g/mol. The Morgan fingerprint density at radius 2 is 2.05 bits per heavy atom. The van der Waals surface area contributed by atoms with Gasteiger partial charge in [0.15, 0.2) is 11.6 Å². The van der Waals surface area contributed by atoms with Crippen LogP contribution in [-0.2, 0) is 4.79 Å². The van der Waals surface area contributed by atoms with Crippen molar-refractivity contribution >= 4 is 5.91 Å². The molecule has 1 saturated heterocycles. The van der Waals surface area contributed by atoms with E-state index in [-0.39, 0.29) is 23.9 Å². The van der Waals surface area contributed by atoms with Crippen molar-refractivity contribution in [1.82, 2.24) is 10.2 Å². The second-order valence-corrected chi connectivity index (χ2v) is 5.39. The lowest BCUT2D eigenvalue weighted by molar-refractivity contribution is -0.133. The number of piperidine rings is 1. The molecule has 21 heavy (non-hydrogen) atoms. The first-order valence-electron chi connectivity index (χ1n) is 7.34. The first kappa shape index (κ1) is 14.1. The number of ether oxygens (including phenoxy) is 1. The van der Waals surface area contributed by atoms with Crippen LogP contribution in [0.1, 0.15) is 12.8 Å². The predicted octanol–water partition coefficient (Wildman–Crippen LogP) is 1.72. The smallest absolute Gasteiger partial charge is 0.243 e. The first-order chi connectivity index (χ1) is 10.2. The van der Waals surface area contributed by atoms with Gasteiger partial charge in [-0.15, -0.1) is 0 Å². The second kappa shape index (κ2) is 6.26. The molecule has 0 bridgehead atoms. The summed E-state index contributed by atoms with van der Waals surface area (Å²) >= 11 is 0. The minimum atomic E-state index is -0.337. The van der Waals surface area contributed by atoms with Crippen LogP contribution in [0.2, 0.25) is 0 Å². The molecule has 0 spiro atoms. The van der Waals surface area contributed by atoms with Crippen LogP contribution in [0.3, 0.4) is 0 Å². The third-order valence-electron chi connectivity index (χ3n) is 3.93. The summed E-state index contributed by atoms with van der Waals surface area (Å²) in [5.41, 5.74) is 0. The molecule has 1 amide bonds. The fraction of sp³-hybridized carbons (Fsp3) is 0.438. The molecule has 1 fully saturated rings. The number of carbonyl (C=O) groups excluding carboxylic acids is 1. The molecule has 0 saturated carbocycles. The fourth-order valence-corrected chi connectivity index (χ4v) is 2.75. The Labute approximate surface area is 123 Å². The van der Waals surface area contributed by atoms with Gasteiger partial charge in [-0.25, -0.2) is 4.39 Å². The molecular weight excluding hydrogens is 271 g/mol. The maximum absolute atomic E-state index is 13.5. The minimum Gasteiger partial charge on any atom is -0.487 e. The molecule has 1 aromatic rings. The predicted molar refractivity (Wildman–Crippen MR) is 77.6 cm³/mol. The van der Waals surface area contributed by atoms with E-state index in [1.54, 1.807) is 18.2 Å². The van der Waals surface area contributed by atoms with Crippen molar-refractivity contribution in [1.29, 1.82) is 0 Å². The van der Waals surface area contributed by atoms with E-state index in [1.807, 2.05) is 17.1 Å². The zero-order chi connectivity index (χ0) is 14.7. The van der Waals surface area contributed by atoms with Gasteiger partial charge in [0.05, 0.1) is 0 Å². The highest BCUT2D eigenvalue weighted by molar-refractivity contribution is 5.84. The van der Waals surface area contributed by atoms with Gasteiger partial charge >= 0.3 is 0 Å². The minimum absolute atomic E-state index is 0.0296. The quantitative estimate of drug-likeness (QED) is 0.862. The molecule has 0 radical (unpaired) electrons. The van der Waals surface area contributed by atoms with Crippen molar-refractivity contribution in [3.63, 3.8) is 0 Å². The van der Waals surface area contributed by atoms with Crippen LogP contribution in [0.4, 0.5) is 4.39 Å². The number of carbonyl (C=O) groups is 1. The van der Waals surface area contributed by atoms with Crippen molar-refractivity contribution in [2.75, 3.05) is 19.6 Å². The van der Waals surface area contributed by atoms with Crippen molar-refractivity contribution in [2.45, 2.75) is 25.0 Å². The number of para-hydroxylation sites is 1. The maximum atomic E-state index is 13.5. The summed E-state index contributed by atoms with van der Waals surface area (Å²) in [5.74, 6) is 0.0760. The summed E-state index contributed by atoms with van der Waals surface area (Å²) in [6.07, 6.45) is 5.31. The van der Waals surface area contributed by atoms with Crippen molar-refractivity contribution in [2.24, 2.45) is 0 Å². The van der Waals surface area contributed by atoms with Gasteiger partial charge in [-0.05, 0) is 12.1 Å². The average Bonchev–Trinajstić information content (AvgIpc) is 3.04. The van der Waals surface area contributed by atoms with Crippen molar-refractivity contribution in [3.05, 3.63) is 42.2 Å². The molecule has 0 unspecified atom stereocenters. The molecule has 1 atom stereocenters. The van der Waals surface area contributed by atoms with E-state index in [4.69, 9.17) is 4.74 Å². The van der Waals surface area contributed by atoms with Crippen LogP contribution in [-0.4, -0.2) is 42.6 Å². The van der Waals surface area contributed by atoms with Crippen LogP contribution in [0.15, 0.2) is 36.4 Å². The fourth-order valence-electron chi connectivity index (χ4n) is 2.75. The molecule has 0 aliphatic carbocycles. The van der Waals surface area contributed by atoms with Gasteiger partial charge in [0, 0.05) is 32.5 Å². The van der Waals surface area contributed by atoms with Gasteiger partial charge in [0.1, 0.15) is 12.1 Å². The zero-order valence-corrected chi connectivity index (χ0v) is 11.8. The molecule has 3 rings (SSSR count). The number of nitrogens with zero attached hydrogens (tertiary/aromatic N) is 1. The molecule has 1 N–H and O–H groups in total. The Morgan fingerprint density at radius 3 is 2.71 bits per heavy atom. The molecule has 0 aromatic heterocycles. The van der Waals surface area contributed by atoms with Gasteiger partial charge in [-0.1, -0.05) is 24.3 Å². The Bertz CT molecular complexity index is 539. The lowest BCUT2D eigenvalue weighted by atomic mass is 10.1. The van der Waals surface area contributed by atoms with Crippen LogP contribution >= 0.6 is 0 Å². The van der Waals surface area contributed by atoms with E-state index < -0.39 is 0 Å². The Balaban J connectivity index is 1.52. The van der Waals surface area contributed by atoms with Crippen molar-refractivity contribution in [3.8, 4) is 5.75 Å². The number of hydrogen-bond acceptors (Lipinski definition) is 3. The molecule has 112 valence electrons. The maximum Gasteiger partial charge on any atom is 0.243 e. The SMILES string of the molecule is O=C([C@H]1C=CCN1)N1CCC(Oc2ccccc2F)CC1. The van der Waals surface area contributed by atoms with Gasteiger partial charge in [0.25, 0.3) is 0 Å². The number of benzene rings is 1. The summed E-state index contributed by atoms with van der Waals surface area (Å²) in [5, 5.41) is 3.13. The van der Waals surface area contributed by atoms with Crippen LogP contribution in [0, 0.1) is 5.82 Å². The Morgan fingerprint density at radius 1 is 1.29 bits per heavy atom. The first-order valence-corrected chi connectivity index (χ1v) is 7.34. The Hall–Kier alpha value is -1.88. The van der Waals surface area contributed by atoms with E-state index in [1.165, 1.54) is 6.07 Å². The topological polar surface area (TPSA) is 41.6 Å². The third kappa shape index (κ3) is 3.24. The monoisotopic (exact) mass is 290 g/mol. The van der Waals surface area contributed by atoms with Crippen LogP contribution < -0.4 is 10.1 Å². The highest BCUT2D eigenvalue weighted by Gasteiger charge is 2.28. The Kier molecular flexibility index (Phi) is 4.20. The zero-order valence-electron chi connectivity index (χ0n) is 11.8. The lowest BCUT2D eigenvalue weighted by Crippen LogP contribution is -2.48. The molecule has 2 aliphatic heterocycles. The van der Waals surface area contributed by atoms with E-state index in [0.29, 0.717) is 18.8 Å². The number of hydrogen-bond donors (Lipinski definition) is 1.